The molecule has 0 aromatic heterocycles. The predicted octanol–water partition coefficient (Wildman–Crippen LogP) is 5.60. The van der Waals surface area contributed by atoms with E-state index in [-0.39, 0.29) is 41.9 Å². The van der Waals surface area contributed by atoms with E-state index in [0.29, 0.717) is 31.8 Å². The summed E-state index contributed by atoms with van der Waals surface area (Å²) in [4.78, 5) is 42.4. The molecule has 0 spiro atoms. The molecule has 10 nitrogen and oxygen atoms in total. The number of nitrogens with zero attached hydrogens (tertiary/aromatic N) is 3. The summed E-state index contributed by atoms with van der Waals surface area (Å²) < 4.78 is 16.6. The molecule has 4 aliphatic heterocycles. The van der Waals surface area contributed by atoms with E-state index in [1.54, 1.807) is 9.80 Å². The molecule has 1 N–H and O–H groups in total. The first-order valence-electron chi connectivity index (χ1n) is 16.1. The second kappa shape index (κ2) is 11.9. The van der Waals surface area contributed by atoms with Crippen molar-refractivity contribution in [2.45, 2.75) is 95.7 Å². The zero-order valence-corrected chi connectivity index (χ0v) is 27.2. The number of fused-ring (bicyclic) bond motifs is 7. The van der Waals surface area contributed by atoms with E-state index in [9.17, 15) is 14.4 Å². The molecule has 5 aliphatic rings. The Kier molecular flexibility index (Phi) is 8.22. The summed E-state index contributed by atoms with van der Waals surface area (Å²) in [5, 5.41) is 3.35. The molecule has 7 rings (SSSR count). The van der Waals surface area contributed by atoms with E-state index in [2.05, 4.69) is 29.6 Å². The normalized spacial score (nSPS) is 24.6. The van der Waals surface area contributed by atoms with Crippen molar-refractivity contribution in [3.05, 3.63) is 59.7 Å². The molecule has 3 amide bonds. The van der Waals surface area contributed by atoms with Crippen LogP contribution >= 0.6 is 0 Å². The van der Waals surface area contributed by atoms with Crippen molar-refractivity contribution < 1.29 is 28.6 Å². The molecule has 2 aromatic carbocycles. The second-order valence-electron chi connectivity index (χ2n) is 14.8. The molecule has 0 unspecified atom stereocenters. The van der Waals surface area contributed by atoms with Crippen LogP contribution in [-0.2, 0) is 14.2 Å². The highest BCUT2D eigenvalue weighted by molar-refractivity contribution is 5.79. The monoisotopic (exact) mass is 618 g/mol. The van der Waals surface area contributed by atoms with Crippen molar-refractivity contribution in [2.24, 2.45) is 0 Å². The van der Waals surface area contributed by atoms with Gasteiger partial charge in [-0.05, 0) is 76.6 Å². The number of nitrogens with one attached hydrogen (secondary N) is 1. The van der Waals surface area contributed by atoms with Crippen molar-refractivity contribution in [3.63, 3.8) is 0 Å². The van der Waals surface area contributed by atoms with E-state index >= 15 is 0 Å². The van der Waals surface area contributed by atoms with Gasteiger partial charge < -0.3 is 34.2 Å². The first kappa shape index (κ1) is 31.2. The number of rotatable bonds is 2. The highest BCUT2D eigenvalue weighted by atomic mass is 16.6. The van der Waals surface area contributed by atoms with Crippen LogP contribution in [0.3, 0.4) is 0 Å². The Balaban J connectivity index is 0.000000213. The minimum atomic E-state index is -0.522. The Morgan fingerprint density at radius 2 is 1.18 bits per heavy atom. The summed E-state index contributed by atoms with van der Waals surface area (Å²) >= 11 is 0. The molecular formula is C35H46N4O6. The standard InChI is InChI=1S/C25H28N2O4.C10H18N2O2/c1-25(2,3)31-24(29)27-14-16-12-17(27)13-26(16)23(28)30-15-22-20-10-6-4-8-18(20)19-9-5-7-11-21(19)22;1-10(2,3)14-9(13)12-6-7-4-8(12)5-11-7/h4-11,16-17,22H,12-15H2,1-3H3;7-8,11H,4-6H2,1-3H3/t16-,17-;7-,8-/m11/s1. The number of hydrogen-bond donors (Lipinski definition) is 1. The fourth-order valence-electron chi connectivity index (χ4n) is 7.22. The number of likely N-dealkylation sites (tertiary alicyclic amines) is 3. The van der Waals surface area contributed by atoms with E-state index in [4.69, 9.17) is 14.2 Å². The van der Waals surface area contributed by atoms with Crippen LogP contribution in [-0.4, -0.2) is 101 Å². The van der Waals surface area contributed by atoms with Crippen molar-refractivity contribution in [2.75, 3.05) is 32.8 Å². The van der Waals surface area contributed by atoms with Gasteiger partial charge in [-0.1, -0.05) is 48.5 Å². The molecule has 2 aromatic rings. The van der Waals surface area contributed by atoms with Crippen molar-refractivity contribution in [1.29, 1.82) is 0 Å². The highest BCUT2D eigenvalue weighted by Gasteiger charge is 2.49. The van der Waals surface area contributed by atoms with Gasteiger partial charge in [0.05, 0.1) is 12.1 Å². The van der Waals surface area contributed by atoms with Crippen LogP contribution in [0.15, 0.2) is 48.5 Å². The van der Waals surface area contributed by atoms with Gasteiger partial charge in [0, 0.05) is 44.2 Å². The first-order chi connectivity index (χ1) is 21.3. The maximum atomic E-state index is 12.9. The Morgan fingerprint density at radius 1 is 0.689 bits per heavy atom. The lowest BCUT2D eigenvalue weighted by Gasteiger charge is -2.34. The topological polar surface area (TPSA) is 101 Å². The molecule has 4 fully saturated rings. The van der Waals surface area contributed by atoms with Gasteiger partial charge >= 0.3 is 18.3 Å². The quantitative estimate of drug-likeness (QED) is 0.438. The third-order valence-electron chi connectivity index (χ3n) is 9.12. The van der Waals surface area contributed by atoms with Gasteiger partial charge in [-0.25, -0.2) is 14.4 Å². The number of amides is 3. The van der Waals surface area contributed by atoms with Crippen LogP contribution in [0.2, 0.25) is 0 Å². The Hall–Kier alpha value is -3.79. The molecule has 0 radical (unpaired) electrons. The van der Waals surface area contributed by atoms with Crippen LogP contribution in [0.25, 0.3) is 11.1 Å². The summed E-state index contributed by atoms with van der Waals surface area (Å²) in [6.07, 6.45) is 1.11. The summed E-state index contributed by atoms with van der Waals surface area (Å²) in [5.41, 5.74) is 3.93. The van der Waals surface area contributed by atoms with Crippen molar-refractivity contribution >= 4 is 18.3 Å². The zero-order chi connectivity index (χ0) is 32.1. The van der Waals surface area contributed by atoms with Crippen LogP contribution in [0.4, 0.5) is 14.4 Å². The molecule has 0 saturated carbocycles. The lowest BCUT2D eigenvalue weighted by atomic mass is 9.98. The molecule has 45 heavy (non-hydrogen) atoms. The number of carbonyl (C=O) groups excluding carboxylic acids is 3. The van der Waals surface area contributed by atoms with Gasteiger partial charge in [0.15, 0.2) is 0 Å². The predicted molar refractivity (Wildman–Crippen MR) is 170 cm³/mol. The SMILES string of the molecule is CC(C)(C)OC(=O)N1C[C@H]2C[C@@H]1CN2.CC(C)(C)OC(=O)N1C[C@H]2C[C@@H]1CN2C(=O)OCC1c2ccccc2-c2ccccc21. The summed E-state index contributed by atoms with van der Waals surface area (Å²) in [6, 6.07) is 17.5. The van der Waals surface area contributed by atoms with Crippen molar-refractivity contribution in [3.8, 4) is 11.1 Å². The van der Waals surface area contributed by atoms with Crippen LogP contribution in [0.1, 0.15) is 71.4 Å². The molecule has 4 saturated heterocycles. The fourth-order valence-corrected chi connectivity index (χ4v) is 7.22. The van der Waals surface area contributed by atoms with E-state index in [1.807, 2.05) is 70.7 Å². The molecule has 4 bridgehead atoms. The molecule has 4 atom stereocenters. The van der Waals surface area contributed by atoms with Crippen LogP contribution in [0, 0.1) is 0 Å². The Labute approximate surface area is 266 Å². The molecule has 10 heteroatoms. The number of hydrogen-bond acceptors (Lipinski definition) is 7. The van der Waals surface area contributed by atoms with Gasteiger partial charge in [0.1, 0.15) is 17.8 Å². The Morgan fingerprint density at radius 3 is 1.62 bits per heavy atom. The van der Waals surface area contributed by atoms with Crippen LogP contribution in [0.5, 0.6) is 0 Å². The number of ether oxygens (including phenoxy) is 3. The minimum Gasteiger partial charge on any atom is -0.448 e. The maximum absolute atomic E-state index is 12.9. The smallest absolute Gasteiger partial charge is 0.410 e. The fraction of sp³-hybridized carbons (Fsp3) is 0.571. The average molecular weight is 619 g/mol. The third kappa shape index (κ3) is 6.61. The number of piperazine rings is 2. The first-order valence-corrected chi connectivity index (χ1v) is 16.1. The van der Waals surface area contributed by atoms with Crippen LogP contribution < -0.4 is 5.32 Å². The minimum absolute atomic E-state index is 0.000308. The maximum Gasteiger partial charge on any atom is 0.410 e. The Bertz CT molecular complexity index is 1400. The van der Waals surface area contributed by atoms with Gasteiger partial charge in [-0.3, -0.25) is 0 Å². The average Bonchev–Trinajstić information content (AvgIpc) is 3.80. The van der Waals surface area contributed by atoms with Gasteiger partial charge in [0.25, 0.3) is 0 Å². The van der Waals surface area contributed by atoms with Gasteiger partial charge in [-0.15, -0.1) is 0 Å². The second-order valence-corrected chi connectivity index (χ2v) is 14.8. The summed E-state index contributed by atoms with van der Waals surface area (Å²) in [6.45, 7) is 14.3. The number of carbonyl (C=O) groups is 3. The summed E-state index contributed by atoms with van der Waals surface area (Å²) in [5.74, 6) is 0.0504. The summed E-state index contributed by atoms with van der Waals surface area (Å²) in [7, 11) is 0. The zero-order valence-electron chi connectivity index (χ0n) is 27.2. The van der Waals surface area contributed by atoms with Gasteiger partial charge in [-0.2, -0.15) is 0 Å². The van der Waals surface area contributed by atoms with E-state index < -0.39 is 5.60 Å². The molecular weight excluding hydrogens is 572 g/mol. The number of benzene rings is 2. The molecule has 242 valence electrons. The van der Waals surface area contributed by atoms with E-state index in [0.717, 1.165) is 25.9 Å². The molecule has 4 heterocycles. The highest BCUT2D eigenvalue weighted by Crippen LogP contribution is 2.44. The lowest BCUT2D eigenvalue weighted by Crippen LogP contribution is -2.51. The van der Waals surface area contributed by atoms with Crippen molar-refractivity contribution in [1.82, 2.24) is 20.0 Å². The molecule has 1 aliphatic carbocycles. The largest absolute Gasteiger partial charge is 0.448 e. The van der Waals surface area contributed by atoms with Gasteiger partial charge in [0.2, 0.25) is 0 Å². The lowest BCUT2D eigenvalue weighted by molar-refractivity contribution is 0.0114. The van der Waals surface area contributed by atoms with E-state index in [1.165, 1.54) is 22.3 Å². The third-order valence-corrected chi connectivity index (χ3v) is 9.12.